The molecular weight excluding hydrogens is 272 g/mol. The first-order valence-corrected chi connectivity index (χ1v) is 7.30. The van der Waals surface area contributed by atoms with Crippen molar-refractivity contribution < 1.29 is 14.1 Å². The van der Waals surface area contributed by atoms with Crippen LogP contribution < -0.4 is 5.32 Å². The van der Waals surface area contributed by atoms with Gasteiger partial charge in [0, 0.05) is 32.5 Å². The number of carbonyl (C=O) groups excluding carboxylic acids is 2. The average Bonchev–Trinajstić information content (AvgIpc) is 2.96. The summed E-state index contributed by atoms with van der Waals surface area (Å²) in [4.78, 5) is 29.7. The van der Waals surface area contributed by atoms with Crippen LogP contribution in [0.2, 0.25) is 0 Å². The zero-order valence-corrected chi connectivity index (χ0v) is 12.8. The van der Waals surface area contributed by atoms with Crippen molar-refractivity contribution >= 4 is 11.8 Å². The summed E-state index contributed by atoms with van der Waals surface area (Å²) in [5.74, 6) is 1.25. The predicted molar refractivity (Wildman–Crippen MR) is 75.3 cm³/mol. The van der Waals surface area contributed by atoms with Crippen molar-refractivity contribution in [3.05, 3.63) is 11.7 Å². The van der Waals surface area contributed by atoms with Crippen LogP contribution >= 0.6 is 0 Å². The van der Waals surface area contributed by atoms with Crippen LogP contribution in [0.3, 0.4) is 0 Å². The first-order valence-electron chi connectivity index (χ1n) is 7.30. The third-order valence-electron chi connectivity index (χ3n) is 3.38. The van der Waals surface area contributed by atoms with Crippen LogP contribution in [0.25, 0.3) is 0 Å². The van der Waals surface area contributed by atoms with Gasteiger partial charge in [0.1, 0.15) is 0 Å². The van der Waals surface area contributed by atoms with Crippen LogP contribution in [-0.4, -0.2) is 46.5 Å². The molecule has 1 aliphatic heterocycles. The molecule has 21 heavy (non-hydrogen) atoms. The van der Waals surface area contributed by atoms with E-state index >= 15 is 0 Å². The number of hydrogen-bond donors (Lipinski definition) is 1. The number of nitrogens with zero attached hydrogens (tertiary/aromatic N) is 3. The highest BCUT2D eigenvalue weighted by molar-refractivity contribution is 5.89. The van der Waals surface area contributed by atoms with Crippen molar-refractivity contribution in [1.29, 1.82) is 0 Å². The normalized spacial score (nSPS) is 18.6. The van der Waals surface area contributed by atoms with Crippen molar-refractivity contribution in [2.45, 2.75) is 33.6 Å². The van der Waals surface area contributed by atoms with Gasteiger partial charge in [0.05, 0.1) is 5.92 Å². The molecule has 1 aliphatic rings. The second-order valence-electron chi connectivity index (χ2n) is 5.87. The second-order valence-corrected chi connectivity index (χ2v) is 5.87. The van der Waals surface area contributed by atoms with E-state index in [1.807, 2.05) is 0 Å². The molecule has 1 atom stereocenters. The summed E-state index contributed by atoms with van der Waals surface area (Å²) in [5, 5.41) is 6.52. The third-order valence-corrected chi connectivity index (χ3v) is 3.38. The van der Waals surface area contributed by atoms with E-state index in [4.69, 9.17) is 4.52 Å². The number of nitrogens with one attached hydrogen (secondary N) is 1. The van der Waals surface area contributed by atoms with Crippen LogP contribution in [0.5, 0.6) is 0 Å². The molecule has 1 fully saturated rings. The molecule has 0 aromatic carbocycles. The van der Waals surface area contributed by atoms with Gasteiger partial charge in [-0.1, -0.05) is 19.0 Å². The van der Waals surface area contributed by atoms with Gasteiger partial charge in [0.15, 0.2) is 5.82 Å². The molecule has 2 heterocycles. The molecule has 2 amide bonds. The maximum atomic E-state index is 12.1. The zero-order chi connectivity index (χ0) is 15.4. The second kappa shape index (κ2) is 6.69. The molecule has 0 spiro atoms. The smallest absolute Gasteiger partial charge is 0.228 e. The summed E-state index contributed by atoms with van der Waals surface area (Å²) in [6, 6.07) is 0. The summed E-state index contributed by atoms with van der Waals surface area (Å²) >= 11 is 0. The van der Waals surface area contributed by atoms with E-state index in [0.717, 1.165) is 0 Å². The summed E-state index contributed by atoms with van der Waals surface area (Å²) in [6.45, 7) is 7.54. The number of carbonyl (C=O) groups is 2. The highest BCUT2D eigenvalue weighted by atomic mass is 16.5. The minimum atomic E-state index is -0.249. The van der Waals surface area contributed by atoms with Crippen molar-refractivity contribution in [1.82, 2.24) is 20.4 Å². The Morgan fingerprint density at radius 2 is 2.29 bits per heavy atom. The molecule has 1 aromatic rings. The van der Waals surface area contributed by atoms with Crippen LogP contribution in [0, 0.1) is 18.8 Å². The van der Waals surface area contributed by atoms with E-state index in [-0.39, 0.29) is 17.7 Å². The third kappa shape index (κ3) is 4.27. The molecular formula is C14H22N4O3. The molecule has 1 N–H and O–H groups in total. The van der Waals surface area contributed by atoms with E-state index in [0.29, 0.717) is 50.1 Å². The predicted octanol–water partition coefficient (Wildman–Crippen LogP) is 0.541. The van der Waals surface area contributed by atoms with Crippen LogP contribution in [0.15, 0.2) is 4.52 Å². The highest BCUT2D eigenvalue weighted by Gasteiger charge is 2.34. The lowest BCUT2D eigenvalue weighted by Crippen LogP contribution is -2.35. The summed E-state index contributed by atoms with van der Waals surface area (Å²) < 4.78 is 4.97. The topological polar surface area (TPSA) is 88.3 Å². The summed E-state index contributed by atoms with van der Waals surface area (Å²) in [6.07, 6.45) is 0.807. The molecule has 0 bridgehead atoms. The number of amides is 2. The Kier molecular flexibility index (Phi) is 4.93. The lowest BCUT2D eigenvalue weighted by molar-refractivity contribution is -0.129. The standard InChI is InChI=1S/C14H22N4O3/c1-9(2)7-18-8-11(6-13(18)19)14(20)15-5-4-12-16-10(3)17-21-12/h9,11H,4-8H2,1-3H3,(H,15,20)/t11-/m0/s1. The molecule has 0 unspecified atom stereocenters. The molecule has 116 valence electrons. The first-order chi connectivity index (χ1) is 9.95. The fraction of sp³-hybridized carbons (Fsp3) is 0.714. The fourth-order valence-electron chi connectivity index (χ4n) is 2.44. The molecule has 0 saturated carbocycles. The monoisotopic (exact) mass is 294 g/mol. The number of aryl methyl sites for hydroxylation is 1. The number of aromatic nitrogens is 2. The SMILES string of the molecule is Cc1noc(CCNC(=O)[C@H]2CC(=O)N(CC(C)C)C2)n1. The van der Waals surface area contributed by atoms with Gasteiger partial charge < -0.3 is 14.7 Å². The van der Waals surface area contributed by atoms with E-state index < -0.39 is 0 Å². The lowest BCUT2D eigenvalue weighted by atomic mass is 10.1. The van der Waals surface area contributed by atoms with Crippen molar-refractivity contribution in [2.24, 2.45) is 11.8 Å². The maximum absolute atomic E-state index is 12.1. The van der Waals surface area contributed by atoms with Crippen LogP contribution in [0.4, 0.5) is 0 Å². The molecule has 1 aromatic heterocycles. The van der Waals surface area contributed by atoms with Crippen molar-refractivity contribution in [3.8, 4) is 0 Å². The van der Waals surface area contributed by atoms with Gasteiger partial charge in [-0.2, -0.15) is 4.98 Å². The van der Waals surface area contributed by atoms with Gasteiger partial charge in [-0.05, 0) is 12.8 Å². The van der Waals surface area contributed by atoms with Crippen LogP contribution in [-0.2, 0) is 16.0 Å². The Morgan fingerprint density at radius 1 is 1.52 bits per heavy atom. The lowest BCUT2D eigenvalue weighted by Gasteiger charge is -2.18. The minimum Gasteiger partial charge on any atom is -0.355 e. The summed E-state index contributed by atoms with van der Waals surface area (Å²) in [5.41, 5.74) is 0. The molecule has 1 saturated heterocycles. The quantitative estimate of drug-likeness (QED) is 0.827. The minimum absolute atomic E-state index is 0.0661. The van der Waals surface area contributed by atoms with Gasteiger partial charge >= 0.3 is 0 Å². The Hall–Kier alpha value is -1.92. The Bertz CT molecular complexity index is 512. The highest BCUT2D eigenvalue weighted by Crippen LogP contribution is 2.19. The number of likely N-dealkylation sites (tertiary alicyclic amines) is 1. The van der Waals surface area contributed by atoms with Gasteiger partial charge in [-0.3, -0.25) is 9.59 Å². The molecule has 7 nitrogen and oxygen atoms in total. The molecule has 7 heteroatoms. The summed E-state index contributed by atoms with van der Waals surface area (Å²) in [7, 11) is 0. The van der Waals surface area contributed by atoms with E-state index in [1.165, 1.54) is 0 Å². The Balaban J connectivity index is 1.75. The zero-order valence-electron chi connectivity index (χ0n) is 12.8. The Morgan fingerprint density at radius 3 is 2.90 bits per heavy atom. The van der Waals surface area contributed by atoms with E-state index in [9.17, 15) is 9.59 Å². The van der Waals surface area contributed by atoms with Crippen molar-refractivity contribution in [2.75, 3.05) is 19.6 Å². The number of rotatable bonds is 6. The van der Waals surface area contributed by atoms with Crippen LogP contribution in [0.1, 0.15) is 32.0 Å². The molecule has 2 rings (SSSR count). The first kappa shape index (κ1) is 15.5. The average molecular weight is 294 g/mol. The number of hydrogen-bond acceptors (Lipinski definition) is 5. The van der Waals surface area contributed by atoms with Gasteiger partial charge in [-0.15, -0.1) is 0 Å². The molecule has 0 aliphatic carbocycles. The van der Waals surface area contributed by atoms with Gasteiger partial charge in [0.25, 0.3) is 0 Å². The Labute approximate surface area is 124 Å². The fourth-order valence-corrected chi connectivity index (χ4v) is 2.44. The van der Waals surface area contributed by atoms with Crippen molar-refractivity contribution in [3.63, 3.8) is 0 Å². The van der Waals surface area contributed by atoms with E-state index in [2.05, 4.69) is 29.3 Å². The van der Waals surface area contributed by atoms with E-state index in [1.54, 1.807) is 11.8 Å². The van der Waals surface area contributed by atoms with Gasteiger partial charge in [0.2, 0.25) is 17.7 Å². The molecule has 0 radical (unpaired) electrons. The van der Waals surface area contributed by atoms with Gasteiger partial charge in [-0.25, -0.2) is 0 Å². The largest absolute Gasteiger partial charge is 0.355 e. The maximum Gasteiger partial charge on any atom is 0.228 e.